The van der Waals surface area contributed by atoms with E-state index in [1.54, 1.807) is 12.3 Å². The zero-order chi connectivity index (χ0) is 16.1. The van der Waals surface area contributed by atoms with E-state index < -0.39 is 0 Å². The summed E-state index contributed by atoms with van der Waals surface area (Å²) in [6.07, 6.45) is 6.71. The van der Waals surface area contributed by atoms with E-state index in [2.05, 4.69) is 11.1 Å². The number of aromatic nitrogens is 1. The molecule has 0 amide bonds. The number of benzene rings is 1. The molecule has 1 aliphatic carbocycles. The Balaban J connectivity index is 1.79. The molecule has 23 heavy (non-hydrogen) atoms. The van der Waals surface area contributed by atoms with Crippen molar-refractivity contribution in [2.45, 2.75) is 38.0 Å². The van der Waals surface area contributed by atoms with E-state index in [9.17, 15) is 4.79 Å². The quantitative estimate of drug-likeness (QED) is 0.781. The number of rotatable bonds is 4. The number of carbonyl (C=O) groups excluding carboxylic acids is 1. The van der Waals surface area contributed by atoms with Crippen LogP contribution in [0.25, 0.3) is 0 Å². The predicted octanol–water partition coefficient (Wildman–Crippen LogP) is 4.50. The maximum atomic E-state index is 12.5. The van der Waals surface area contributed by atoms with Crippen molar-refractivity contribution < 1.29 is 4.79 Å². The van der Waals surface area contributed by atoms with Crippen LogP contribution in [-0.4, -0.2) is 10.8 Å². The minimum absolute atomic E-state index is 0.207. The highest BCUT2D eigenvalue weighted by atomic mass is 16.1. The summed E-state index contributed by atoms with van der Waals surface area (Å²) in [7, 11) is 0. The fourth-order valence-corrected chi connectivity index (χ4v) is 3.54. The first-order valence-electron chi connectivity index (χ1n) is 8.22. The Morgan fingerprint density at radius 2 is 1.96 bits per heavy atom. The van der Waals surface area contributed by atoms with E-state index >= 15 is 0 Å². The number of hydrogen-bond acceptors (Lipinski definition) is 3. The molecule has 3 heteroatoms. The van der Waals surface area contributed by atoms with Gasteiger partial charge in [0.15, 0.2) is 5.78 Å². The summed E-state index contributed by atoms with van der Waals surface area (Å²) in [6.45, 7) is 0. The summed E-state index contributed by atoms with van der Waals surface area (Å²) >= 11 is 0. The van der Waals surface area contributed by atoms with Crippen LogP contribution in [0.4, 0.5) is 0 Å². The van der Waals surface area contributed by atoms with Crippen molar-refractivity contribution in [2.75, 3.05) is 0 Å². The first-order valence-corrected chi connectivity index (χ1v) is 8.22. The maximum Gasteiger partial charge on any atom is 0.163 e. The Hall–Kier alpha value is -2.47. The molecule has 2 aromatic rings. The number of Topliss-reactive ketones (excluding diaryl/α,β-unsaturated/α-hetero) is 1. The lowest BCUT2D eigenvalue weighted by Crippen LogP contribution is -2.22. The molecule has 1 fully saturated rings. The van der Waals surface area contributed by atoms with Gasteiger partial charge in [-0.05, 0) is 30.9 Å². The molecule has 2 unspecified atom stereocenters. The Morgan fingerprint density at radius 1 is 1.17 bits per heavy atom. The van der Waals surface area contributed by atoms with Crippen molar-refractivity contribution in [1.29, 1.82) is 5.26 Å². The van der Waals surface area contributed by atoms with Crippen LogP contribution >= 0.6 is 0 Å². The number of hydrogen-bond donors (Lipinski definition) is 0. The minimum Gasteiger partial charge on any atom is -0.294 e. The van der Waals surface area contributed by atoms with Gasteiger partial charge in [-0.2, -0.15) is 5.26 Å². The molecule has 0 saturated heterocycles. The van der Waals surface area contributed by atoms with Crippen LogP contribution in [0, 0.1) is 17.2 Å². The Kier molecular flexibility index (Phi) is 4.83. The average molecular weight is 304 g/mol. The molecule has 0 bridgehead atoms. The van der Waals surface area contributed by atoms with Crippen LogP contribution < -0.4 is 0 Å². The van der Waals surface area contributed by atoms with Crippen molar-refractivity contribution in [2.24, 2.45) is 5.92 Å². The van der Waals surface area contributed by atoms with Crippen molar-refractivity contribution in [3.8, 4) is 6.07 Å². The zero-order valence-corrected chi connectivity index (χ0v) is 13.1. The molecule has 116 valence electrons. The summed E-state index contributed by atoms with van der Waals surface area (Å²) in [5.74, 6) is 0.807. The molecule has 1 aliphatic rings. The Labute approximate surface area is 137 Å². The summed E-state index contributed by atoms with van der Waals surface area (Å²) in [6, 6.07) is 15.3. The van der Waals surface area contributed by atoms with Crippen LogP contribution in [0.15, 0.2) is 48.7 Å². The second-order valence-electron chi connectivity index (χ2n) is 6.23. The predicted molar refractivity (Wildman–Crippen MR) is 89.0 cm³/mol. The van der Waals surface area contributed by atoms with Crippen LogP contribution in [-0.2, 0) is 0 Å². The second-order valence-corrected chi connectivity index (χ2v) is 6.23. The van der Waals surface area contributed by atoms with E-state index in [4.69, 9.17) is 5.26 Å². The lowest BCUT2D eigenvalue weighted by molar-refractivity contribution is 0.0941. The van der Waals surface area contributed by atoms with Gasteiger partial charge in [0.05, 0.1) is 11.6 Å². The molecule has 3 rings (SSSR count). The van der Waals surface area contributed by atoms with E-state index in [1.807, 2.05) is 36.4 Å². The van der Waals surface area contributed by atoms with Crippen LogP contribution in [0.5, 0.6) is 0 Å². The number of carbonyl (C=O) groups is 1. The number of nitriles is 1. The van der Waals surface area contributed by atoms with Crippen molar-refractivity contribution >= 4 is 5.78 Å². The smallest absolute Gasteiger partial charge is 0.163 e. The van der Waals surface area contributed by atoms with Gasteiger partial charge in [0.1, 0.15) is 0 Å². The Bertz CT molecular complexity index is 718. The molecule has 0 N–H and O–H groups in total. The summed E-state index contributed by atoms with van der Waals surface area (Å²) < 4.78 is 0. The standard InChI is InChI=1S/C20H20N2O/c21-14-15-10-11-22-19(12-15)18-9-5-4-8-17(18)13-20(23)16-6-2-1-3-7-16/h1-3,6-7,10-12,17-18H,4-5,8-9,13H2. The van der Waals surface area contributed by atoms with Crippen molar-refractivity contribution in [3.63, 3.8) is 0 Å². The van der Waals surface area contributed by atoms with Crippen molar-refractivity contribution in [1.82, 2.24) is 4.98 Å². The number of ketones is 1. The van der Waals surface area contributed by atoms with Gasteiger partial charge in [-0.1, -0.05) is 43.2 Å². The van der Waals surface area contributed by atoms with Gasteiger partial charge in [-0.3, -0.25) is 9.78 Å². The van der Waals surface area contributed by atoms with Gasteiger partial charge in [0.25, 0.3) is 0 Å². The highest BCUT2D eigenvalue weighted by Gasteiger charge is 2.29. The SMILES string of the molecule is N#Cc1ccnc(C2CCCCC2CC(=O)c2ccccc2)c1. The van der Waals surface area contributed by atoms with E-state index in [0.717, 1.165) is 24.1 Å². The molecular formula is C20H20N2O. The molecule has 1 heterocycles. The largest absolute Gasteiger partial charge is 0.294 e. The molecule has 1 aromatic heterocycles. The number of nitrogens with zero attached hydrogens (tertiary/aromatic N) is 2. The third kappa shape index (κ3) is 3.65. The molecule has 0 aliphatic heterocycles. The first kappa shape index (κ1) is 15.4. The molecule has 2 atom stereocenters. The molecule has 1 aromatic carbocycles. The first-order chi connectivity index (χ1) is 11.3. The molecule has 0 spiro atoms. The normalized spacial score (nSPS) is 20.7. The molecule has 0 radical (unpaired) electrons. The van der Waals surface area contributed by atoms with Gasteiger partial charge in [0.2, 0.25) is 0 Å². The molecular weight excluding hydrogens is 284 g/mol. The highest BCUT2D eigenvalue weighted by Crippen LogP contribution is 2.39. The van der Waals surface area contributed by atoms with E-state index in [0.29, 0.717) is 17.9 Å². The van der Waals surface area contributed by atoms with Crippen LogP contribution in [0.1, 0.15) is 59.6 Å². The van der Waals surface area contributed by atoms with Gasteiger partial charge in [0, 0.05) is 29.8 Å². The summed E-state index contributed by atoms with van der Waals surface area (Å²) in [4.78, 5) is 17.0. The lowest BCUT2D eigenvalue weighted by atomic mass is 9.74. The second kappa shape index (κ2) is 7.19. The molecule has 3 nitrogen and oxygen atoms in total. The van der Waals surface area contributed by atoms with E-state index in [-0.39, 0.29) is 11.7 Å². The number of pyridine rings is 1. The van der Waals surface area contributed by atoms with Crippen LogP contribution in [0.2, 0.25) is 0 Å². The van der Waals surface area contributed by atoms with Crippen molar-refractivity contribution in [3.05, 3.63) is 65.5 Å². The van der Waals surface area contributed by atoms with Gasteiger partial charge in [-0.25, -0.2) is 0 Å². The highest BCUT2D eigenvalue weighted by molar-refractivity contribution is 5.96. The fourth-order valence-electron chi connectivity index (χ4n) is 3.54. The Morgan fingerprint density at radius 3 is 2.74 bits per heavy atom. The third-order valence-electron chi connectivity index (χ3n) is 4.74. The fraction of sp³-hybridized carbons (Fsp3) is 0.350. The van der Waals surface area contributed by atoms with Gasteiger partial charge >= 0.3 is 0 Å². The van der Waals surface area contributed by atoms with Gasteiger partial charge < -0.3 is 0 Å². The minimum atomic E-state index is 0.207. The van der Waals surface area contributed by atoms with Gasteiger partial charge in [-0.15, -0.1) is 0 Å². The van der Waals surface area contributed by atoms with Crippen LogP contribution in [0.3, 0.4) is 0 Å². The maximum absolute atomic E-state index is 12.5. The summed E-state index contributed by atoms with van der Waals surface area (Å²) in [5.41, 5.74) is 2.40. The lowest BCUT2D eigenvalue weighted by Gasteiger charge is -2.31. The zero-order valence-electron chi connectivity index (χ0n) is 13.1. The topological polar surface area (TPSA) is 53.8 Å². The third-order valence-corrected chi connectivity index (χ3v) is 4.74. The van der Waals surface area contributed by atoms with E-state index in [1.165, 1.54) is 12.8 Å². The summed E-state index contributed by atoms with van der Waals surface area (Å²) in [5, 5.41) is 9.09. The average Bonchev–Trinajstić information content (AvgIpc) is 2.63. The monoisotopic (exact) mass is 304 g/mol. The molecule has 1 saturated carbocycles.